The van der Waals surface area contributed by atoms with Crippen LogP contribution in [0.15, 0.2) is 12.4 Å². The van der Waals surface area contributed by atoms with E-state index in [1.807, 2.05) is 6.20 Å². The molecule has 1 N–H and O–H groups in total. The highest BCUT2D eigenvalue weighted by Gasteiger charge is 2.30. The highest BCUT2D eigenvalue weighted by atomic mass is 15.2. The van der Waals surface area contributed by atoms with Gasteiger partial charge in [0.15, 0.2) is 0 Å². The lowest BCUT2D eigenvalue weighted by Crippen LogP contribution is -2.22. The molecule has 1 aromatic heterocycles. The minimum atomic E-state index is 0.501. The monoisotopic (exact) mass is 191 g/mol. The molecule has 14 heavy (non-hydrogen) atoms. The molecule has 3 heteroatoms. The van der Waals surface area contributed by atoms with Crippen molar-refractivity contribution in [3.63, 3.8) is 0 Å². The predicted molar refractivity (Wildman–Crippen MR) is 55.0 cm³/mol. The average Bonchev–Trinajstić information content (AvgIpc) is 2.77. The molecule has 3 nitrogen and oxygen atoms in total. The van der Waals surface area contributed by atoms with E-state index >= 15 is 0 Å². The SMILES string of the molecule is CC1CC(NCC2CC2)c2nccn21. The van der Waals surface area contributed by atoms with E-state index in [9.17, 15) is 0 Å². The number of rotatable bonds is 3. The topological polar surface area (TPSA) is 29.9 Å². The molecule has 2 atom stereocenters. The molecule has 1 aliphatic carbocycles. The fourth-order valence-electron chi connectivity index (χ4n) is 2.33. The Bertz CT molecular complexity index is 327. The molecule has 1 aliphatic heterocycles. The van der Waals surface area contributed by atoms with Crippen molar-refractivity contribution in [2.24, 2.45) is 5.92 Å². The lowest BCUT2D eigenvalue weighted by molar-refractivity contribution is 0.473. The van der Waals surface area contributed by atoms with Crippen LogP contribution in [0.25, 0.3) is 0 Å². The van der Waals surface area contributed by atoms with Crippen molar-refractivity contribution in [1.29, 1.82) is 0 Å². The molecule has 0 spiro atoms. The van der Waals surface area contributed by atoms with Crippen LogP contribution in [-0.2, 0) is 0 Å². The smallest absolute Gasteiger partial charge is 0.126 e. The van der Waals surface area contributed by atoms with E-state index in [1.165, 1.54) is 31.6 Å². The predicted octanol–water partition coefficient (Wildman–Crippen LogP) is 1.89. The number of imidazole rings is 1. The number of hydrogen-bond donors (Lipinski definition) is 1. The van der Waals surface area contributed by atoms with Crippen LogP contribution < -0.4 is 5.32 Å². The summed E-state index contributed by atoms with van der Waals surface area (Å²) in [5.74, 6) is 2.19. The summed E-state index contributed by atoms with van der Waals surface area (Å²) >= 11 is 0. The first kappa shape index (κ1) is 8.48. The van der Waals surface area contributed by atoms with E-state index in [2.05, 4.69) is 28.0 Å². The quantitative estimate of drug-likeness (QED) is 0.790. The molecule has 2 unspecified atom stereocenters. The van der Waals surface area contributed by atoms with E-state index in [0.717, 1.165) is 5.92 Å². The molecule has 3 rings (SSSR count). The molecule has 76 valence electrons. The fraction of sp³-hybridized carbons (Fsp3) is 0.727. The summed E-state index contributed by atoms with van der Waals surface area (Å²) in [5.41, 5.74) is 0. The maximum Gasteiger partial charge on any atom is 0.126 e. The van der Waals surface area contributed by atoms with Crippen LogP contribution >= 0.6 is 0 Å². The number of nitrogens with zero attached hydrogens (tertiary/aromatic N) is 2. The summed E-state index contributed by atoms with van der Waals surface area (Å²) in [6.07, 6.45) is 8.05. The second-order valence-electron chi connectivity index (χ2n) is 4.68. The van der Waals surface area contributed by atoms with Crippen LogP contribution in [0.5, 0.6) is 0 Å². The van der Waals surface area contributed by atoms with Crippen LogP contribution in [0.1, 0.15) is 44.1 Å². The van der Waals surface area contributed by atoms with Gasteiger partial charge in [-0.1, -0.05) is 0 Å². The molecular weight excluding hydrogens is 174 g/mol. The Morgan fingerprint density at radius 2 is 2.43 bits per heavy atom. The van der Waals surface area contributed by atoms with E-state index in [4.69, 9.17) is 0 Å². The Labute approximate surface area is 84.5 Å². The Morgan fingerprint density at radius 1 is 1.57 bits per heavy atom. The van der Waals surface area contributed by atoms with Crippen molar-refractivity contribution in [3.05, 3.63) is 18.2 Å². The van der Waals surface area contributed by atoms with E-state index < -0.39 is 0 Å². The summed E-state index contributed by atoms with van der Waals surface area (Å²) in [6.45, 7) is 3.45. The van der Waals surface area contributed by atoms with Crippen molar-refractivity contribution >= 4 is 0 Å². The van der Waals surface area contributed by atoms with Gasteiger partial charge >= 0.3 is 0 Å². The summed E-state index contributed by atoms with van der Waals surface area (Å²) < 4.78 is 2.30. The van der Waals surface area contributed by atoms with Gasteiger partial charge < -0.3 is 9.88 Å². The Kier molecular flexibility index (Phi) is 1.87. The third-order valence-corrected chi connectivity index (χ3v) is 3.41. The molecule has 1 fully saturated rings. The molecular formula is C11H17N3. The molecule has 0 radical (unpaired) electrons. The second-order valence-corrected chi connectivity index (χ2v) is 4.68. The van der Waals surface area contributed by atoms with Crippen LogP contribution in [0, 0.1) is 5.92 Å². The highest BCUT2D eigenvalue weighted by Crippen LogP contribution is 2.34. The molecule has 1 aromatic rings. The summed E-state index contributed by atoms with van der Waals surface area (Å²) in [5, 5.41) is 3.63. The second kappa shape index (κ2) is 3.09. The lowest BCUT2D eigenvalue weighted by Gasteiger charge is -2.10. The third-order valence-electron chi connectivity index (χ3n) is 3.41. The van der Waals surface area contributed by atoms with Gasteiger partial charge in [0.25, 0.3) is 0 Å². The Balaban J connectivity index is 1.70. The van der Waals surface area contributed by atoms with Gasteiger partial charge in [-0.25, -0.2) is 4.98 Å². The van der Waals surface area contributed by atoms with E-state index in [0.29, 0.717) is 12.1 Å². The zero-order chi connectivity index (χ0) is 9.54. The van der Waals surface area contributed by atoms with Gasteiger partial charge in [-0.15, -0.1) is 0 Å². The highest BCUT2D eigenvalue weighted by molar-refractivity contribution is 5.07. The summed E-state index contributed by atoms with van der Waals surface area (Å²) in [4.78, 5) is 4.43. The molecule has 0 saturated heterocycles. The van der Waals surface area contributed by atoms with Gasteiger partial charge in [0.05, 0.1) is 6.04 Å². The summed E-state index contributed by atoms with van der Waals surface area (Å²) in [7, 11) is 0. The molecule has 1 saturated carbocycles. The lowest BCUT2D eigenvalue weighted by atomic mass is 10.1. The van der Waals surface area contributed by atoms with Crippen molar-refractivity contribution < 1.29 is 0 Å². The van der Waals surface area contributed by atoms with E-state index in [1.54, 1.807) is 0 Å². The van der Waals surface area contributed by atoms with Crippen LogP contribution in [0.2, 0.25) is 0 Å². The molecule has 0 bridgehead atoms. The van der Waals surface area contributed by atoms with Crippen LogP contribution in [-0.4, -0.2) is 16.1 Å². The maximum absolute atomic E-state index is 4.43. The molecule has 0 amide bonds. The van der Waals surface area contributed by atoms with Crippen LogP contribution in [0.3, 0.4) is 0 Å². The molecule has 0 aromatic carbocycles. The zero-order valence-corrected chi connectivity index (χ0v) is 8.61. The van der Waals surface area contributed by atoms with Crippen molar-refractivity contribution in [3.8, 4) is 0 Å². The number of aromatic nitrogens is 2. The van der Waals surface area contributed by atoms with Gasteiger partial charge in [-0.05, 0) is 38.6 Å². The fourth-order valence-corrected chi connectivity index (χ4v) is 2.33. The first-order valence-corrected chi connectivity index (χ1v) is 5.60. The van der Waals surface area contributed by atoms with Crippen molar-refractivity contribution in [2.45, 2.75) is 38.3 Å². The van der Waals surface area contributed by atoms with Crippen molar-refractivity contribution in [2.75, 3.05) is 6.54 Å². The first-order chi connectivity index (χ1) is 6.84. The maximum atomic E-state index is 4.43. The Morgan fingerprint density at radius 3 is 3.21 bits per heavy atom. The third kappa shape index (κ3) is 1.36. The average molecular weight is 191 g/mol. The standard InChI is InChI=1S/C11H17N3/c1-8-6-10(13-7-9-2-3-9)11-12-4-5-14(8)11/h4-5,8-10,13H,2-3,6-7H2,1H3. The zero-order valence-electron chi connectivity index (χ0n) is 8.61. The van der Waals surface area contributed by atoms with Crippen molar-refractivity contribution in [1.82, 2.24) is 14.9 Å². The minimum absolute atomic E-state index is 0.501. The summed E-state index contributed by atoms with van der Waals surface area (Å²) in [6, 6.07) is 1.12. The molecule has 2 heterocycles. The van der Waals surface area contributed by atoms with Gasteiger partial charge in [0, 0.05) is 18.4 Å². The van der Waals surface area contributed by atoms with Gasteiger partial charge in [-0.3, -0.25) is 0 Å². The van der Waals surface area contributed by atoms with Gasteiger partial charge in [0.2, 0.25) is 0 Å². The minimum Gasteiger partial charge on any atom is -0.331 e. The van der Waals surface area contributed by atoms with Gasteiger partial charge in [-0.2, -0.15) is 0 Å². The van der Waals surface area contributed by atoms with Gasteiger partial charge in [0.1, 0.15) is 5.82 Å². The normalized spacial score (nSPS) is 30.6. The number of nitrogens with one attached hydrogen (secondary N) is 1. The van der Waals surface area contributed by atoms with E-state index in [-0.39, 0.29) is 0 Å². The van der Waals surface area contributed by atoms with Crippen LogP contribution in [0.4, 0.5) is 0 Å². The Hall–Kier alpha value is -0.830. The number of fused-ring (bicyclic) bond motifs is 1. The largest absolute Gasteiger partial charge is 0.331 e. The molecule has 2 aliphatic rings. The first-order valence-electron chi connectivity index (χ1n) is 5.60. The number of hydrogen-bond acceptors (Lipinski definition) is 2.